The monoisotopic (exact) mass is 284 g/mol. The molecule has 2 N–H and O–H groups in total. The summed E-state index contributed by atoms with van der Waals surface area (Å²) in [7, 11) is 1.66. The Hall–Kier alpha value is -2.07. The van der Waals surface area contributed by atoms with Crippen molar-refractivity contribution in [1.29, 1.82) is 0 Å². The van der Waals surface area contributed by atoms with Gasteiger partial charge in [-0.15, -0.1) is 0 Å². The van der Waals surface area contributed by atoms with Crippen molar-refractivity contribution in [2.24, 2.45) is 5.73 Å². The number of fused-ring (bicyclic) bond motifs is 1. The van der Waals surface area contributed by atoms with Gasteiger partial charge in [0.15, 0.2) is 0 Å². The summed E-state index contributed by atoms with van der Waals surface area (Å²) in [6.45, 7) is 0.945. The zero-order valence-corrected chi connectivity index (χ0v) is 12.3. The van der Waals surface area contributed by atoms with Crippen LogP contribution in [0.3, 0.4) is 0 Å². The standard InChI is InChI=1S/C17H20N2O2/c1-20-15-7-5-12(6-8-15)11-21-17-14(10-18)9-13-3-2-4-16(13)19-17/h5-9H,2-4,10-11,18H2,1H3. The number of hydrogen-bond acceptors (Lipinski definition) is 4. The SMILES string of the molecule is COc1ccc(COc2nc3c(cc2CN)CCC3)cc1. The number of aryl methyl sites for hydroxylation is 2. The first-order valence-electron chi connectivity index (χ1n) is 7.27. The first kappa shape index (κ1) is 13.9. The predicted molar refractivity (Wildman–Crippen MR) is 81.5 cm³/mol. The van der Waals surface area contributed by atoms with Gasteiger partial charge in [0, 0.05) is 17.8 Å². The summed E-state index contributed by atoms with van der Waals surface area (Å²) in [4.78, 5) is 4.65. The van der Waals surface area contributed by atoms with E-state index in [1.54, 1.807) is 7.11 Å². The van der Waals surface area contributed by atoms with Crippen molar-refractivity contribution >= 4 is 0 Å². The summed E-state index contributed by atoms with van der Waals surface area (Å²) in [5.74, 6) is 1.52. The van der Waals surface area contributed by atoms with Gasteiger partial charge in [-0.25, -0.2) is 4.98 Å². The third kappa shape index (κ3) is 3.00. The molecule has 0 saturated carbocycles. The number of nitrogens with two attached hydrogens (primary N) is 1. The quantitative estimate of drug-likeness (QED) is 0.917. The number of methoxy groups -OCH3 is 1. The lowest BCUT2D eigenvalue weighted by atomic mass is 10.1. The molecule has 0 unspecified atom stereocenters. The molecule has 0 saturated heterocycles. The van der Waals surface area contributed by atoms with Crippen LogP contribution in [0.4, 0.5) is 0 Å². The molecule has 0 fully saturated rings. The van der Waals surface area contributed by atoms with Gasteiger partial charge in [-0.2, -0.15) is 0 Å². The van der Waals surface area contributed by atoms with Crippen LogP contribution in [0.1, 0.15) is 28.8 Å². The molecule has 0 spiro atoms. The topological polar surface area (TPSA) is 57.4 Å². The highest BCUT2D eigenvalue weighted by Gasteiger charge is 2.16. The zero-order chi connectivity index (χ0) is 14.7. The second-order valence-electron chi connectivity index (χ2n) is 5.25. The van der Waals surface area contributed by atoms with E-state index >= 15 is 0 Å². The fourth-order valence-corrected chi connectivity index (χ4v) is 2.65. The van der Waals surface area contributed by atoms with Crippen LogP contribution in [0.5, 0.6) is 11.6 Å². The highest BCUT2D eigenvalue weighted by Crippen LogP contribution is 2.27. The first-order valence-corrected chi connectivity index (χ1v) is 7.27. The van der Waals surface area contributed by atoms with E-state index in [1.165, 1.54) is 12.0 Å². The summed E-state index contributed by atoms with van der Waals surface area (Å²) in [6.07, 6.45) is 3.32. The highest BCUT2D eigenvalue weighted by molar-refractivity contribution is 5.37. The molecule has 0 bridgehead atoms. The second kappa shape index (κ2) is 6.14. The summed E-state index contributed by atoms with van der Waals surface area (Å²) in [5.41, 5.74) is 10.4. The Bertz CT molecular complexity index is 623. The van der Waals surface area contributed by atoms with Crippen molar-refractivity contribution < 1.29 is 9.47 Å². The van der Waals surface area contributed by atoms with Crippen LogP contribution in [0, 0.1) is 0 Å². The van der Waals surface area contributed by atoms with E-state index in [0.717, 1.165) is 35.4 Å². The van der Waals surface area contributed by atoms with Gasteiger partial charge in [-0.3, -0.25) is 0 Å². The lowest BCUT2D eigenvalue weighted by molar-refractivity contribution is 0.289. The second-order valence-corrected chi connectivity index (χ2v) is 5.25. The number of rotatable bonds is 5. The Morgan fingerprint density at radius 1 is 1.19 bits per heavy atom. The van der Waals surface area contributed by atoms with E-state index in [2.05, 4.69) is 11.1 Å². The molecule has 2 aromatic rings. The summed E-state index contributed by atoms with van der Waals surface area (Å²) < 4.78 is 11.0. The molecule has 1 aromatic carbocycles. The van der Waals surface area contributed by atoms with Crippen LogP contribution in [-0.4, -0.2) is 12.1 Å². The lowest BCUT2D eigenvalue weighted by Crippen LogP contribution is -2.07. The maximum absolute atomic E-state index is 5.88. The number of benzene rings is 1. The molecular weight excluding hydrogens is 264 g/mol. The molecule has 0 radical (unpaired) electrons. The fraction of sp³-hybridized carbons (Fsp3) is 0.353. The van der Waals surface area contributed by atoms with Gasteiger partial charge in [-0.1, -0.05) is 12.1 Å². The van der Waals surface area contributed by atoms with Gasteiger partial charge < -0.3 is 15.2 Å². The van der Waals surface area contributed by atoms with Crippen molar-refractivity contribution in [1.82, 2.24) is 4.98 Å². The van der Waals surface area contributed by atoms with Crippen LogP contribution in [0.2, 0.25) is 0 Å². The van der Waals surface area contributed by atoms with Crippen molar-refractivity contribution in [2.45, 2.75) is 32.4 Å². The van der Waals surface area contributed by atoms with Crippen LogP contribution >= 0.6 is 0 Å². The van der Waals surface area contributed by atoms with Gasteiger partial charge >= 0.3 is 0 Å². The third-order valence-electron chi connectivity index (χ3n) is 3.84. The molecular formula is C17H20N2O2. The largest absolute Gasteiger partial charge is 0.497 e. The molecule has 1 aliphatic rings. The molecule has 21 heavy (non-hydrogen) atoms. The third-order valence-corrected chi connectivity index (χ3v) is 3.84. The van der Waals surface area contributed by atoms with Crippen LogP contribution in [-0.2, 0) is 26.0 Å². The molecule has 4 heteroatoms. The van der Waals surface area contributed by atoms with E-state index in [0.29, 0.717) is 19.0 Å². The summed E-state index contributed by atoms with van der Waals surface area (Å²) >= 11 is 0. The zero-order valence-electron chi connectivity index (χ0n) is 12.3. The number of aromatic nitrogens is 1. The Kier molecular flexibility index (Phi) is 4.06. The number of pyridine rings is 1. The Labute approximate surface area is 124 Å². The average Bonchev–Trinajstić information content (AvgIpc) is 2.99. The molecule has 1 heterocycles. The maximum atomic E-state index is 5.88. The maximum Gasteiger partial charge on any atom is 0.218 e. The molecule has 110 valence electrons. The van der Waals surface area contributed by atoms with Crippen molar-refractivity contribution in [3.63, 3.8) is 0 Å². The minimum atomic E-state index is 0.457. The molecule has 1 aliphatic carbocycles. The van der Waals surface area contributed by atoms with Gasteiger partial charge in [0.05, 0.1) is 7.11 Å². The van der Waals surface area contributed by atoms with Gasteiger partial charge in [0.2, 0.25) is 5.88 Å². The van der Waals surface area contributed by atoms with Crippen molar-refractivity contribution in [3.8, 4) is 11.6 Å². The molecule has 3 rings (SSSR count). The van der Waals surface area contributed by atoms with E-state index in [-0.39, 0.29) is 0 Å². The van der Waals surface area contributed by atoms with Gasteiger partial charge in [0.25, 0.3) is 0 Å². The molecule has 0 amide bonds. The van der Waals surface area contributed by atoms with Crippen LogP contribution in [0.15, 0.2) is 30.3 Å². The smallest absolute Gasteiger partial charge is 0.218 e. The van der Waals surface area contributed by atoms with E-state index < -0.39 is 0 Å². The number of ether oxygens (including phenoxy) is 2. The minimum absolute atomic E-state index is 0.457. The Morgan fingerprint density at radius 3 is 2.71 bits per heavy atom. The fourth-order valence-electron chi connectivity index (χ4n) is 2.65. The number of hydrogen-bond donors (Lipinski definition) is 1. The van der Waals surface area contributed by atoms with Crippen LogP contribution in [0.25, 0.3) is 0 Å². The number of nitrogens with zero attached hydrogens (tertiary/aromatic N) is 1. The molecule has 0 aliphatic heterocycles. The van der Waals surface area contributed by atoms with E-state index in [1.807, 2.05) is 24.3 Å². The summed E-state index contributed by atoms with van der Waals surface area (Å²) in [6, 6.07) is 10.00. The first-order chi connectivity index (χ1) is 10.3. The van der Waals surface area contributed by atoms with Crippen LogP contribution < -0.4 is 15.2 Å². The lowest BCUT2D eigenvalue weighted by Gasteiger charge is -2.12. The van der Waals surface area contributed by atoms with E-state index in [9.17, 15) is 0 Å². The summed E-state index contributed by atoms with van der Waals surface area (Å²) in [5, 5.41) is 0. The highest BCUT2D eigenvalue weighted by atomic mass is 16.5. The van der Waals surface area contributed by atoms with Gasteiger partial charge in [-0.05, 0) is 48.6 Å². The Balaban J connectivity index is 1.74. The van der Waals surface area contributed by atoms with E-state index in [4.69, 9.17) is 15.2 Å². The van der Waals surface area contributed by atoms with Gasteiger partial charge in [0.1, 0.15) is 12.4 Å². The normalized spacial score (nSPS) is 13.0. The molecule has 0 atom stereocenters. The minimum Gasteiger partial charge on any atom is -0.497 e. The average molecular weight is 284 g/mol. The van der Waals surface area contributed by atoms with Crippen molar-refractivity contribution in [2.75, 3.05) is 7.11 Å². The van der Waals surface area contributed by atoms with Crippen molar-refractivity contribution in [3.05, 3.63) is 52.7 Å². The molecule has 1 aromatic heterocycles. The Morgan fingerprint density at radius 2 is 2.00 bits per heavy atom. The molecule has 4 nitrogen and oxygen atoms in total. The predicted octanol–water partition coefficient (Wildman–Crippen LogP) is 2.62.